The second kappa shape index (κ2) is 7.26. The fourth-order valence-corrected chi connectivity index (χ4v) is 5.70. The number of anilines is 1. The molecule has 4 nitrogen and oxygen atoms in total. The normalized spacial score (nSPS) is 17.4. The second-order valence-electron chi connectivity index (χ2n) is 5.30. The predicted octanol–water partition coefficient (Wildman–Crippen LogP) is 2.57. The van der Waals surface area contributed by atoms with Crippen molar-refractivity contribution < 1.29 is 8.42 Å². The monoisotopic (exact) mass is 346 g/mol. The van der Waals surface area contributed by atoms with Gasteiger partial charge in [0.15, 0.2) is 0 Å². The Kier molecular flexibility index (Phi) is 5.88. The van der Waals surface area contributed by atoms with Crippen LogP contribution in [-0.4, -0.2) is 37.5 Å². The number of hydrogen-bond acceptors (Lipinski definition) is 5. The smallest absolute Gasteiger partial charge is 0.212 e. The molecule has 0 bridgehead atoms. The van der Waals surface area contributed by atoms with Gasteiger partial charge in [-0.3, -0.25) is 0 Å². The van der Waals surface area contributed by atoms with Crippen LogP contribution >= 0.6 is 23.5 Å². The summed E-state index contributed by atoms with van der Waals surface area (Å²) in [6.45, 7) is 0.555. The molecule has 7 heteroatoms. The SMILES string of the molecule is CSC1(CNS(=O)(=O)CCSc2cccc(N)c2)CCC1. The number of nitrogen functional groups attached to an aromatic ring is 1. The molecule has 1 aliphatic carbocycles. The average Bonchev–Trinajstić information content (AvgIpc) is 2.38. The Labute approximate surface area is 135 Å². The maximum absolute atomic E-state index is 12.0. The molecule has 1 aliphatic rings. The van der Waals surface area contributed by atoms with E-state index in [4.69, 9.17) is 5.73 Å². The van der Waals surface area contributed by atoms with Crippen LogP contribution in [0.4, 0.5) is 5.69 Å². The molecule has 0 spiro atoms. The van der Waals surface area contributed by atoms with Crippen LogP contribution in [0.15, 0.2) is 29.2 Å². The summed E-state index contributed by atoms with van der Waals surface area (Å²) in [7, 11) is -3.20. The number of benzene rings is 1. The summed E-state index contributed by atoms with van der Waals surface area (Å²) >= 11 is 3.29. The lowest BCUT2D eigenvalue weighted by molar-refractivity contribution is 0.362. The zero-order valence-corrected chi connectivity index (χ0v) is 14.6. The summed E-state index contributed by atoms with van der Waals surface area (Å²) in [5, 5.41) is 0. The number of nitrogens with two attached hydrogens (primary N) is 1. The zero-order valence-electron chi connectivity index (χ0n) is 12.2. The molecule has 0 aromatic heterocycles. The van der Waals surface area contributed by atoms with Crippen LogP contribution in [0.5, 0.6) is 0 Å². The molecule has 118 valence electrons. The van der Waals surface area contributed by atoms with Crippen LogP contribution < -0.4 is 10.5 Å². The van der Waals surface area contributed by atoms with E-state index in [1.165, 1.54) is 18.2 Å². The van der Waals surface area contributed by atoms with Crippen LogP contribution in [0.25, 0.3) is 0 Å². The van der Waals surface area contributed by atoms with Crippen LogP contribution in [0.1, 0.15) is 19.3 Å². The Morgan fingerprint density at radius 2 is 2.14 bits per heavy atom. The summed E-state index contributed by atoms with van der Waals surface area (Å²) in [4.78, 5) is 1.00. The Morgan fingerprint density at radius 1 is 1.38 bits per heavy atom. The third-order valence-corrected chi connectivity index (χ3v) is 7.79. The van der Waals surface area contributed by atoms with Crippen molar-refractivity contribution in [3.63, 3.8) is 0 Å². The van der Waals surface area contributed by atoms with Crippen LogP contribution in [0.2, 0.25) is 0 Å². The van der Waals surface area contributed by atoms with E-state index in [-0.39, 0.29) is 10.5 Å². The molecule has 1 fully saturated rings. The second-order valence-corrected chi connectivity index (χ2v) is 9.67. The van der Waals surface area contributed by atoms with E-state index >= 15 is 0 Å². The van der Waals surface area contributed by atoms with Crippen molar-refractivity contribution in [3.05, 3.63) is 24.3 Å². The number of thioether (sulfide) groups is 2. The Balaban J connectivity index is 1.76. The van der Waals surface area contributed by atoms with Gasteiger partial charge in [-0.2, -0.15) is 11.8 Å². The van der Waals surface area contributed by atoms with E-state index < -0.39 is 10.0 Å². The van der Waals surface area contributed by atoms with E-state index in [1.807, 2.05) is 24.3 Å². The Morgan fingerprint density at radius 3 is 2.71 bits per heavy atom. The third-order valence-electron chi connectivity index (χ3n) is 3.79. The van der Waals surface area contributed by atoms with Crippen molar-refractivity contribution in [1.82, 2.24) is 4.72 Å². The quantitative estimate of drug-likeness (QED) is 0.559. The highest BCUT2D eigenvalue weighted by Crippen LogP contribution is 2.42. The number of rotatable bonds is 8. The molecule has 21 heavy (non-hydrogen) atoms. The summed E-state index contributed by atoms with van der Waals surface area (Å²) in [6, 6.07) is 7.51. The Bertz CT molecular complexity index is 566. The minimum Gasteiger partial charge on any atom is -0.399 e. The maximum atomic E-state index is 12.0. The van der Waals surface area contributed by atoms with Gasteiger partial charge in [-0.15, -0.1) is 11.8 Å². The van der Waals surface area contributed by atoms with Gasteiger partial charge in [0.05, 0.1) is 5.75 Å². The van der Waals surface area contributed by atoms with Gasteiger partial charge in [0.1, 0.15) is 0 Å². The summed E-state index contributed by atoms with van der Waals surface area (Å²) < 4.78 is 27.0. The predicted molar refractivity (Wildman–Crippen MR) is 93.5 cm³/mol. The molecule has 0 heterocycles. The van der Waals surface area contributed by atoms with Crippen LogP contribution in [0.3, 0.4) is 0 Å². The van der Waals surface area contributed by atoms with Gasteiger partial charge in [-0.25, -0.2) is 13.1 Å². The summed E-state index contributed by atoms with van der Waals surface area (Å²) in [5.41, 5.74) is 6.40. The highest BCUT2D eigenvalue weighted by Gasteiger charge is 2.36. The van der Waals surface area contributed by atoms with E-state index in [0.717, 1.165) is 17.7 Å². The number of hydrogen-bond donors (Lipinski definition) is 2. The van der Waals surface area contributed by atoms with E-state index in [1.54, 1.807) is 11.8 Å². The van der Waals surface area contributed by atoms with Gasteiger partial charge >= 0.3 is 0 Å². The molecule has 1 saturated carbocycles. The van der Waals surface area contributed by atoms with Gasteiger partial charge in [-0.05, 0) is 37.3 Å². The molecule has 2 rings (SSSR count). The topological polar surface area (TPSA) is 72.2 Å². The third kappa shape index (κ3) is 5.09. The highest BCUT2D eigenvalue weighted by atomic mass is 32.2. The molecule has 0 amide bonds. The lowest BCUT2D eigenvalue weighted by atomic mass is 9.84. The molecule has 0 atom stereocenters. The molecule has 0 aliphatic heterocycles. The van der Waals surface area contributed by atoms with Crippen molar-refractivity contribution in [2.75, 3.05) is 30.0 Å². The van der Waals surface area contributed by atoms with E-state index in [9.17, 15) is 8.42 Å². The first-order valence-corrected chi connectivity index (χ1v) is 10.8. The van der Waals surface area contributed by atoms with E-state index in [0.29, 0.717) is 18.0 Å². The lowest BCUT2D eigenvalue weighted by Crippen LogP contribution is -2.45. The zero-order chi connectivity index (χ0) is 15.3. The molecular weight excluding hydrogens is 324 g/mol. The van der Waals surface area contributed by atoms with Gasteiger partial charge in [0.25, 0.3) is 0 Å². The van der Waals surface area contributed by atoms with Crippen molar-refractivity contribution in [1.29, 1.82) is 0 Å². The Hall–Kier alpha value is -0.370. The lowest BCUT2D eigenvalue weighted by Gasteiger charge is -2.40. The fraction of sp³-hybridized carbons (Fsp3) is 0.571. The van der Waals surface area contributed by atoms with Crippen molar-refractivity contribution >= 4 is 39.2 Å². The largest absolute Gasteiger partial charge is 0.399 e. The standard InChI is InChI=1S/C14H22N2O2S3/c1-19-14(6-3-7-14)11-16-21(17,18)9-8-20-13-5-2-4-12(15)10-13/h2,4-5,10,16H,3,6-9,11,15H2,1H3. The molecular formula is C14H22N2O2S3. The van der Waals surface area contributed by atoms with Crippen molar-refractivity contribution in [3.8, 4) is 0 Å². The highest BCUT2D eigenvalue weighted by molar-refractivity contribution is 8.00. The summed E-state index contributed by atoms with van der Waals surface area (Å²) in [6.07, 6.45) is 5.47. The number of nitrogens with one attached hydrogen (secondary N) is 1. The number of sulfonamides is 1. The minimum absolute atomic E-state index is 0.133. The minimum atomic E-state index is -3.20. The van der Waals surface area contributed by atoms with Gasteiger partial charge < -0.3 is 5.73 Å². The van der Waals surface area contributed by atoms with Gasteiger partial charge in [0, 0.05) is 27.6 Å². The first kappa shape index (κ1) is 17.0. The van der Waals surface area contributed by atoms with Crippen LogP contribution in [-0.2, 0) is 10.0 Å². The first-order valence-electron chi connectivity index (χ1n) is 6.96. The molecule has 1 aromatic carbocycles. The van der Waals surface area contributed by atoms with E-state index in [2.05, 4.69) is 11.0 Å². The fourth-order valence-electron chi connectivity index (χ4n) is 2.21. The maximum Gasteiger partial charge on any atom is 0.212 e. The van der Waals surface area contributed by atoms with Crippen molar-refractivity contribution in [2.24, 2.45) is 0 Å². The molecule has 0 radical (unpaired) electrons. The molecule has 0 unspecified atom stereocenters. The van der Waals surface area contributed by atoms with Gasteiger partial charge in [-0.1, -0.05) is 12.5 Å². The molecule has 0 saturated heterocycles. The van der Waals surface area contributed by atoms with Crippen molar-refractivity contribution in [2.45, 2.75) is 28.9 Å². The summed E-state index contributed by atoms with van der Waals surface area (Å²) in [5.74, 6) is 0.669. The average molecular weight is 347 g/mol. The first-order chi connectivity index (χ1) is 9.95. The molecule has 1 aromatic rings. The van der Waals surface area contributed by atoms with Crippen LogP contribution in [0, 0.1) is 0 Å². The molecule has 3 N–H and O–H groups in total. The van der Waals surface area contributed by atoms with Gasteiger partial charge in [0.2, 0.25) is 10.0 Å².